The van der Waals surface area contributed by atoms with Gasteiger partial charge in [-0.25, -0.2) is 0 Å². The smallest absolute Gasteiger partial charge is 0.310 e. The second kappa shape index (κ2) is 8.39. The number of nitrogens with zero attached hydrogens (tertiary/aromatic N) is 2. The van der Waals surface area contributed by atoms with Gasteiger partial charge in [0.05, 0.1) is 12.0 Å². The molecule has 6 nitrogen and oxygen atoms in total. The molecular formula is C21H26N2O4. The van der Waals surface area contributed by atoms with Crippen LogP contribution < -0.4 is 4.74 Å². The number of benzene rings is 2. The number of nitro benzene ring substituents is 1. The SMILES string of the molecule is COc1cccc2c1CCC[C@H]2CN(C)CCc1ccc(O)c([N+](=O)[O-])c1. The van der Waals surface area contributed by atoms with E-state index in [0.717, 1.165) is 43.7 Å². The van der Waals surface area contributed by atoms with Gasteiger partial charge < -0.3 is 14.7 Å². The van der Waals surface area contributed by atoms with Crippen molar-refractivity contribution in [1.82, 2.24) is 4.90 Å². The number of likely N-dealkylation sites (N-methyl/N-ethyl adjacent to an activating group) is 1. The van der Waals surface area contributed by atoms with Crippen LogP contribution in [0.2, 0.25) is 0 Å². The van der Waals surface area contributed by atoms with Gasteiger partial charge in [0.1, 0.15) is 5.75 Å². The van der Waals surface area contributed by atoms with Gasteiger partial charge in [0.2, 0.25) is 0 Å². The second-order valence-electron chi connectivity index (χ2n) is 7.21. The molecule has 0 saturated heterocycles. The first-order chi connectivity index (χ1) is 13.0. The summed E-state index contributed by atoms with van der Waals surface area (Å²) in [5.41, 5.74) is 3.34. The van der Waals surface area contributed by atoms with Crippen molar-refractivity contribution < 1.29 is 14.8 Å². The zero-order chi connectivity index (χ0) is 19.4. The highest BCUT2D eigenvalue weighted by atomic mass is 16.6. The molecule has 3 rings (SSSR count). The van der Waals surface area contributed by atoms with Gasteiger partial charge in [-0.3, -0.25) is 10.1 Å². The van der Waals surface area contributed by atoms with E-state index in [2.05, 4.69) is 24.1 Å². The van der Waals surface area contributed by atoms with Crippen LogP contribution in [0.25, 0.3) is 0 Å². The van der Waals surface area contributed by atoms with E-state index in [9.17, 15) is 15.2 Å². The molecule has 0 aromatic heterocycles. The summed E-state index contributed by atoms with van der Waals surface area (Å²) in [6.45, 7) is 1.75. The molecular weight excluding hydrogens is 344 g/mol. The van der Waals surface area contributed by atoms with Gasteiger partial charge in [0.15, 0.2) is 5.75 Å². The number of phenolic OH excluding ortho intramolecular Hbond substituents is 1. The Labute approximate surface area is 159 Å². The Morgan fingerprint density at radius 3 is 2.89 bits per heavy atom. The number of phenols is 1. The van der Waals surface area contributed by atoms with Crippen molar-refractivity contribution in [3.05, 3.63) is 63.2 Å². The topological polar surface area (TPSA) is 75.8 Å². The fourth-order valence-electron chi connectivity index (χ4n) is 3.95. The number of methoxy groups -OCH3 is 1. The third kappa shape index (κ3) is 4.39. The molecule has 0 amide bonds. The zero-order valence-electron chi connectivity index (χ0n) is 15.9. The summed E-state index contributed by atoms with van der Waals surface area (Å²) in [7, 11) is 3.81. The molecule has 0 heterocycles. The first-order valence-corrected chi connectivity index (χ1v) is 9.30. The predicted molar refractivity (Wildman–Crippen MR) is 105 cm³/mol. The molecule has 1 aliphatic rings. The van der Waals surface area contributed by atoms with E-state index in [-0.39, 0.29) is 11.4 Å². The fraction of sp³-hybridized carbons (Fsp3) is 0.429. The van der Waals surface area contributed by atoms with Crippen LogP contribution in [0.15, 0.2) is 36.4 Å². The molecule has 1 atom stereocenters. The number of aromatic hydroxyl groups is 1. The number of nitro groups is 1. The van der Waals surface area contributed by atoms with Gasteiger partial charge in [-0.15, -0.1) is 0 Å². The zero-order valence-corrected chi connectivity index (χ0v) is 15.9. The van der Waals surface area contributed by atoms with E-state index in [4.69, 9.17) is 4.74 Å². The van der Waals surface area contributed by atoms with E-state index in [1.165, 1.54) is 23.3 Å². The molecule has 144 valence electrons. The van der Waals surface area contributed by atoms with Gasteiger partial charge in [0, 0.05) is 19.2 Å². The highest BCUT2D eigenvalue weighted by molar-refractivity contribution is 5.47. The van der Waals surface area contributed by atoms with Gasteiger partial charge in [-0.05, 0) is 67.5 Å². The number of hydrogen-bond donors (Lipinski definition) is 1. The summed E-state index contributed by atoms with van der Waals surface area (Å²) in [5.74, 6) is 1.17. The predicted octanol–water partition coefficient (Wildman–Crippen LogP) is 3.90. The van der Waals surface area contributed by atoms with Crippen molar-refractivity contribution >= 4 is 5.69 Å². The maximum absolute atomic E-state index is 11.0. The number of rotatable bonds is 7. The molecule has 0 radical (unpaired) electrons. The molecule has 27 heavy (non-hydrogen) atoms. The van der Waals surface area contributed by atoms with Crippen molar-refractivity contribution in [2.75, 3.05) is 27.2 Å². The van der Waals surface area contributed by atoms with Gasteiger partial charge in [0.25, 0.3) is 0 Å². The largest absolute Gasteiger partial charge is 0.502 e. The van der Waals surface area contributed by atoms with Crippen molar-refractivity contribution in [1.29, 1.82) is 0 Å². The maximum atomic E-state index is 11.0. The van der Waals surface area contributed by atoms with Crippen molar-refractivity contribution in [2.45, 2.75) is 31.6 Å². The number of fused-ring (bicyclic) bond motifs is 1. The van der Waals surface area contributed by atoms with Crippen molar-refractivity contribution in [2.24, 2.45) is 0 Å². The van der Waals surface area contributed by atoms with Gasteiger partial charge >= 0.3 is 5.69 Å². The summed E-state index contributed by atoms with van der Waals surface area (Å²) in [6.07, 6.45) is 4.09. The highest BCUT2D eigenvalue weighted by Crippen LogP contribution is 2.37. The third-order valence-corrected chi connectivity index (χ3v) is 5.36. The van der Waals surface area contributed by atoms with Gasteiger partial charge in [-0.2, -0.15) is 0 Å². The molecule has 0 bridgehead atoms. The molecule has 2 aromatic rings. The molecule has 0 fully saturated rings. The van der Waals surface area contributed by atoms with Gasteiger partial charge in [-0.1, -0.05) is 18.2 Å². The molecule has 0 aliphatic heterocycles. The monoisotopic (exact) mass is 370 g/mol. The van der Waals surface area contributed by atoms with Crippen LogP contribution >= 0.6 is 0 Å². The molecule has 2 aromatic carbocycles. The molecule has 1 aliphatic carbocycles. The van der Waals surface area contributed by atoms with Crippen LogP contribution in [0.5, 0.6) is 11.5 Å². The highest BCUT2D eigenvalue weighted by Gasteiger charge is 2.23. The average Bonchev–Trinajstić information content (AvgIpc) is 2.67. The lowest BCUT2D eigenvalue weighted by Gasteiger charge is -2.30. The number of hydrogen-bond acceptors (Lipinski definition) is 5. The molecule has 1 N–H and O–H groups in total. The fourth-order valence-corrected chi connectivity index (χ4v) is 3.95. The van der Waals surface area contributed by atoms with Crippen molar-refractivity contribution in [3.8, 4) is 11.5 Å². The minimum atomic E-state index is -0.547. The summed E-state index contributed by atoms with van der Waals surface area (Å²) < 4.78 is 5.52. The summed E-state index contributed by atoms with van der Waals surface area (Å²) in [5, 5.41) is 20.5. The van der Waals surface area contributed by atoms with E-state index < -0.39 is 4.92 Å². The Morgan fingerprint density at radius 1 is 1.33 bits per heavy atom. The summed E-state index contributed by atoms with van der Waals surface area (Å²) >= 11 is 0. The number of ether oxygens (including phenoxy) is 1. The lowest BCUT2D eigenvalue weighted by Crippen LogP contribution is -2.28. The van der Waals surface area contributed by atoms with E-state index in [1.54, 1.807) is 13.2 Å². The van der Waals surface area contributed by atoms with E-state index >= 15 is 0 Å². The quantitative estimate of drug-likeness (QED) is 0.591. The lowest BCUT2D eigenvalue weighted by atomic mass is 9.82. The molecule has 0 spiro atoms. The Hall–Kier alpha value is -2.60. The standard InChI is InChI=1S/C21H26N2O4/c1-22(12-11-15-9-10-20(24)19(13-15)23(25)26)14-16-5-3-7-18-17(16)6-4-8-21(18)27-2/h4,6,8-10,13,16,24H,3,5,7,11-12,14H2,1-2H3/t16-/m0/s1. The maximum Gasteiger partial charge on any atom is 0.310 e. The van der Waals surface area contributed by atoms with Crippen LogP contribution in [0.1, 0.15) is 35.4 Å². The van der Waals surface area contributed by atoms with E-state index in [0.29, 0.717) is 12.3 Å². The second-order valence-corrected chi connectivity index (χ2v) is 7.21. The summed E-state index contributed by atoms with van der Waals surface area (Å²) in [4.78, 5) is 12.7. The molecule has 0 saturated carbocycles. The third-order valence-electron chi connectivity index (χ3n) is 5.36. The van der Waals surface area contributed by atoms with Crippen LogP contribution in [-0.2, 0) is 12.8 Å². The first kappa shape index (κ1) is 19.2. The minimum absolute atomic E-state index is 0.233. The molecule has 0 unspecified atom stereocenters. The van der Waals surface area contributed by atoms with Crippen LogP contribution in [0.4, 0.5) is 5.69 Å². The summed E-state index contributed by atoms with van der Waals surface area (Å²) in [6, 6.07) is 10.9. The Bertz CT molecular complexity index is 822. The average molecular weight is 370 g/mol. The normalized spacial score (nSPS) is 16.2. The van der Waals surface area contributed by atoms with E-state index in [1.807, 2.05) is 6.07 Å². The Kier molecular flexibility index (Phi) is 5.96. The Morgan fingerprint density at radius 2 is 2.15 bits per heavy atom. The lowest BCUT2D eigenvalue weighted by molar-refractivity contribution is -0.385. The van der Waals surface area contributed by atoms with Crippen LogP contribution in [-0.4, -0.2) is 42.2 Å². The Balaban J connectivity index is 1.63. The molecule has 6 heteroatoms. The van der Waals surface area contributed by atoms with Crippen molar-refractivity contribution in [3.63, 3.8) is 0 Å². The van der Waals surface area contributed by atoms with Crippen LogP contribution in [0.3, 0.4) is 0 Å². The minimum Gasteiger partial charge on any atom is -0.502 e. The van der Waals surface area contributed by atoms with Crippen LogP contribution in [0, 0.1) is 10.1 Å². The first-order valence-electron chi connectivity index (χ1n) is 9.30.